The molecule has 0 bridgehead atoms. The summed E-state index contributed by atoms with van der Waals surface area (Å²) in [6, 6.07) is 12.1. The largest absolute Gasteiger partial charge is 0.347 e. The van der Waals surface area contributed by atoms with Crippen LogP contribution in [0.3, 0.4) is 0 Å². The van der Waals surface area contributed by atoms with E-state index in [-0.39, 0.29) is 17.5 Å². The highest BCUT2D eigenvalue weighted by Crippen LogP contribution is 2.04. The molecule has 3 heterocycles. The molecule has 2 N–H and O–H groups in total. The Hall–Kier alpha value is -3.61. The van der Waals surface area contributed by atoms with Crippen molar-refractivity contribution in [3.63, 3.8) is 0 Å². The van der Waals surface area contributed by atoms with Gasteiger partial charge < -0.3 is 10.6 Å². The van der Waals surface area contributed by atoms with E-state index in [0.29, 0.717) is 18.7 Å². The van der Waals surface area contributed by atoms with Gasteiger partial charge in [-0.2, -0.15) is 0 Å². The molecule has 0 aromatic carbocycles. The molecule has 0 aliphatic rings. The molecule has 26 heavy (non-hydrogen) atoms. The minimum Gasteiger partial charge on any atom is -0.347 e. The lowest BCUT2D eigenvalue weighted by Gasteiger charge is -2.07. The molecular weight excluding hydrogens is 330 g/mol. The van der Waals surface area contributed by atoms with Gasteiger partial charge >= 0.3 is 0 Å². The summed E-state index contributed by atoms with van der Waals surface area (Å²) in [5, 5.41) is 5.54. The SMILES string of the molecule is O=C(NCc1ccccn1)c1ccnc(C(=O)NCc2ccncc2)c1. The number of aromatic nitrogens is 3. The molecule has 0 unspecified atom stereocenters. The summed E-state index contributed by atoms with van der Waals surface area (Å²) in [6.45, 7) is 0.671. The number of carbonyl (C=O) groups is 2. The van der Waals surface area contributed by atoms with E-state index in [1.54, 1.807) is 24.7 Å². The first kappa shape index (κ1) is 17.2. The lowest BCUT2D eigenvalue weighted by Crippen LogP contribution is -2.26. The van der Waals surface area contributed by atoms with Gasteiger partial charge in [-0.05, 0) is 42.0 Å². The fraction of sp³-hybridized carbons (Fsp3) is 0.105. The van der Waals surface area contributed by atoms with Gasteiger partial charge in [0.05, 0.1) is 12.2 Å². The Morgan fingerprint density at radius 1 is 0.808 bits per heavy atom. The highest BCUT2D eigenvalue weighted by Gasteiger charge is 2.12. The molecule has 0 aliphatic carbocycles. The molecule has 2 amide bonds. The van der Waals surface area contributed by atoms with E-state index < -0.39 is 0 Å². The molecule has 0 saturated carbocycles. The van der Waals surface area contributed by atoms with Crippen LogP contribution in [-0.2, 0) is 13.1 Å². The van der Waals surface area contributed by atoms with E-state index in [9.17, 15) is 9.59 Å². The molecule has 7 nitrogen and oxygen atoms in total. The third kappa shape index (κ3) is 4.70. The third-order valence-electron chi connectivity index (χ3n) is 3.61. The van der Waals surface area contributed by atoms with Crippen LogP contribution in [0.4, 0.5) is 0 Å². The third-order valence-corrected chi connectivity index (χ3v) is 3.61. The van der Waals surface area contributed by atoms with Crippen molar-refractivity contribution in [2.45, 2.75) is 13.1 Å². The van der Waals surface area contributed by atoms with Crippen LogP contribution in [0.25, 0.3) is 0 Å². The zero-order valence-corrected chi connectivity index (χ0v) is 13.9. The summed E-state index contributed by atoms with van der Waals surface area (Å²) in [7, 11) is 0. The molecule has 0 aliphatic heterocycles. The Bertz CT molecular complexity index is 814. The fourth-order valence-electron chi connectivity index (χ4n) is 2.25. The summed E-state index contributed by atoms with van der Waals surface area (Å²) >= 11 is 0. The Labute approximate surface area is 150 Å². The predicted molar refractivity (Wildman–Crippen MR) is 95.1 cm³/mol. The number of nitrogens with one attached hydrogen (secondary N) is 2. The topological polar surface area (TPSA) is 96.9 Å². The van der Waals surface area contributed by atoms with E-state index in [1.807, 2.05) is 30.3 Å². The highest BCUT2D eigenvalue weighted by molar-refractivity contribution is 5.98. The fourth-order valence-corrected chi connectivity index (χ4v) is 2.25. The molecule has 0 radical (unpaired) electrons. The molecule has 0 atom stereocenters. The quantitative estimate of drug-likeness (QED) is 0.708. The number of hydrogen-bond acceptors (Lipinski definition) is 5. The zero-order chi connectivity index (χ0) is 18.2. The number of nitrogens with zero attached hydrogens (tertiary/aromatic N) is 3. The Morgan fingerprint density at radius 2 is 1.62 bits per heavy atom. The molecule has 0 fully saturated rings. The maximum Gasteiger partial charge on any atom is 0.270 e. The van der Waals surface area contributed by atoms with Crippen LogP contribution in [0.5, 0.6) is 0 Å². The van der Waals surface area contributed by atoms with Gasteiger partial charge in [0, 0.05) is 36.9 Å². The summed E-state index contributed by atoms with van der Waals surface area (Å²) < 4.78 is 0. The van der Waals surface area contributed by atoms with E-state index in [1.165, 1.54) is 12.3 Å². The Morgan fingerprint density at radius 3 is 2.38 bits per heavy atom. The molecule has 0 spiro atoms. The lowest BCUT2D eigenvalue weighted by molar-refractivity contribution is 0.0946. The Kier molecular flexibility index (Phi) is 5.61. The van der Waals surface area contributed by atoms with Gasteiger partial charge in [-0.1, -0.05) is 6.07 Å². The zero-order valence-electron chi connectivity index (χ0n) is 13.9. The van der Waals surface area contributed by atoms with Gasteiger partial charge in [-0.3, -0.25) is 24.5 Å². The monoisotopic (exact) mass is 347 g/mol. The first-order chi connectivity index (χ1) is 12.7. The van der Waals surface area contributed by atoms with Crippen LogP contribution >= 0.6 is 0 Å². The number of rotatable bonds is 6. The van der Waals surface area contributed by atoms with Crippen molar-refractivity contribution in [2.24, 2.45) is 0 Å². The van der Waals surface area contributed by atoms with Gasteiger partial charge in [0.2, 0.25) is 0 Å². The van der Waals surface area contributed by atoms with Crippen molar-refractivity contribution < 1.29 is 9.59 Å². The number of hydrogen-bond donors (Lipinski definition) is 2. The summed E-state index contributed by atoms with van der Waals surface area (Å²) in [5.74, 6) is -0.637. The van der Waals surface area contributed by atoms with Gasteiger partial charge in [-0.15, -0.1) is 0 Å². The summed E-state index contributed by atoms with van der Waals surface area (Å²) in [6.07, 6.45) is 6.43. The van der Waals surface area contributed by atoms with Crippen molar-refractivity contribution in [1.29, 1.82) is 0 Å². The second-order valence-corrected chi connectivity index (χ2v) is 5.47. The summed E-state index contributed by atoms with van der Waals surface area (Å²) in [4.78, 5) is 36.6. The standard InChI is InChI=1S/C19H17N5O2/c25-18(24-13-16-3-1-2-7-21-16)15-6-10-22-17(11-15)19(26)23-12-14-4-8-20-9-5-14/h1-11H,12-13H2,(H,23,26)(H,24,25). The number of amides is 2. The average Bonchev–Trinajstić information content (AvgIpc) is 2.72. The molecule has 0 saturated heterocycles. The van der Waals surface area contributed by atoms with Crippen LogP contribution in [0.2, 0.25) is 0 Å². The van der Waals surface area contributed by atoms with Crippen LogP contribution in [0.1, 0.15) is 32.1 Å². The van der Waals surface area contributed by atoms with Crippen molar-refractivity contribution in [1.82, 2.24) is 25.6 Å². The van der Waals surface area contributed by atoms with Crippen LogP contribution in [0.15, 0.2) is 67.3 Å². The van der Waals surface area contributed by atoms with Crippen molar-refractivity contribution >= 4 is 11.8 Å². The second kappa shape index (κ2) is 8.48. The minimum atomic E-state index is -0.346. The normalized spacial score (nSPS) is 10.2. The van der Waals surface area contributed by atoms with E-state index in [4.69, 9.17) is 0 Å². The minimum absolute atomic E-state index is 0.185. The first-order valence-electron chi connectivity index (χ1n) is 8.03. The van der Waals surface area contributed by atoms with Gasteiger partial charge in [0.25, 0.3) is 11.8 Å². The first-order valence-corrected chi connectivity index (χ1v) is 8.03. The van der Waals surface area contributed by atoms with Crippen LogP contribution in [0, 0.1) is 0 Å². The van der Waals surface area contributed by atoms with Gasteiger partial charge in [0.1, 0.15) is 5.69 Å². The maximum atomic E-state index is 12.3. The second-order valence-electron chi connectivity index (χ2n) is 5.47. The van der Waals surface area contributed by atoms with Crippen molar-refractivity contribution in [2.75, 3.05) is 0 Å². The Balaban J connectivity index is 1.60. The number of pyridine rings is 3. The van der Waals surface area contributed by atoms with E-state index in [2.05, 4.69) is 25.6 Å². The molecule has 7 heteroatoms. The molecule has 3 aromatic heterocycles. The molecule has 3 rings (SSSR count). The number of carbonyl (C=O) groups excluding carboxylic acids is 2. The molecule has 130 valence electrons. The van der Waals surface area contributed by atoms with Crippen molar-refractivity contribution in [3.8, 4) is 0 Å². The van der Waals surface area contributed by atoms with Crippen molar-refractivity contribution in [3.05, 3.63) is 89.8 Å². The van der Waals surface area contributed by atoms with E-state index in [0.717, 1.165) is 11.3 Å². The molecular formula is C19H17N5O2. The lowest BCUT2D eigenvalue weighted by atomic mass is 10.2. The summed E-state index contributed by atoms with van der Waals surface area (Å²) in [5.41, 5.74) is 2.23. The van der Waals surface area contributed by atoms with Gasteiger partial charge in [-0.25, -0.2) is 0 Å². The van der Waals surface area contributed by atoms with Crippen LogP contribution in [-0.4, -0.2) is 26.8 Å². The van der Waals surface area contributed by atoms with E-state index >= 15 is 0 Å². The highest BCUT2D eigenvalue weighted by atomic mass is 16.2. The predicted octanol–water partition coefficient (Wildman–Crippen LogP) is 1.73. The molecule has 3 aromatic rings. The van der Waals surface area contributed by atoms with Crippen LogP contribution < -0.4 is 10.6 Å². The smallest absolute Gasteiger partial charge is 0.270 e. The maximum absolute atomic E-state index is 12.3. The van der Waals surface area contributed by atoms with Gasteiger partial charge in [0.15, 0.2) is 0 Å². The average molecular weight is 347 g/mol.